The van der Waals surface area contributed by atoms with Crippen molar-refractivity contribution >= 4 is 17.9 Å². The Hall–Kier alpha value is -3.41. The second-order valence-corrected chi connectivity index (χ2v) is 18.8. The molecule has 0 spiro atoms. The number of hydrogen-bond acceptors (Lipinski definition) is 6. The van der Waals surface area contributed by atoms with Crippen molar-refractivity contribution in [2.45, 2.75) is 277 Å². The van der Waals surface area contributed by atoms with E-state index in [2.05, 4.69) is 106 Å². The molecule has 68 heavy (non-hydrogen) atoms. The third-order valence-electron chi connectivity index (χ3n) is 12.1. The van der Waals surface area contributed by atoms with Crippen molar-refractivity contribution in [1.29, 1.82) is 0 Å². The maximum Gasteiger partial charge on any atom is 0.306 e. The summed E-state index contributed by atoms with van der Waals surface area (Å²) in [4.78, 5) is 38.1. The topological polar surface area (TPSA) is 78.9 Å². The number of unbranched alkanes of at least 4 members (excludes halogenated alkanes) is 26. The Kier molecular flexibility index (Phi) is 53.4. The smallest absolute Gasteiger partial charge is 0.306 e. The number of rotatable bonds is 51. The van der Waals surface area contributed by atoms with Crippen LogP contribution in [0.3, 0.4) is 0 Å². The van der Waals surface area contributed by atoms with Gasteiger partial charge in [0.15, 0.2) is 6.10 Å². The van der Waals surface area contributed by atoms with E-state index in [1.807, 2.05) is 0 Å². The number of hydrogen-bond donors (Lipinski definition) is 0. The average molecular weight is 948 g/mol. The van der Waals surface area contributed by atoms with Crippen molar-refractivity contribution in [2.75, 3.05) is 13.2 Å². The van der Waals surface area contributed by atoms with E-state index in [1.165, 1.54) is 122 Å². The molecule has 0 aromatic heterocycles. The molecule has 0 aliphatic rings. The quantitative estimate of drug-likeness (QED) is 0.0262. The monoisotopic (exact) mass is 947 g/mol. The van der Waals surface area contributed by atoms with Crippen LogP contribution < -0.4 is 0 Å². The zero-order valence-corrected chi connectivity index (χ0v) is 44.6. The van der Waals surface area contributed by atoms with Gasteiger partial charge in [-0.3, -0.25) is 14.4 Å². The van der Waals surface area contributed by atoms with Gasteiger partial charge in [-0.1, -0.05) is 221 Å². The van der Waals surface area contributed by atoms with Gasteiger partial charge in [-0.2, -0.15) is 0 Å². The first-order valence-corrected chi connectivity index (χ1v) is 28.6. The summed E-state index contributed by atoms with van der Waals surface area (Å²) in [6, 6.07) is 0. The molecular formula is C62H106O6. The highest BCUT2D eigenvalue weighted by Gasteiger charge is 2.19. The molecule has 0 bridgehead atoms. The summed E-state index contributed by atoms with van der Waals surface area (Å²) in [5.74, 6) is -0.914. The first kappa shape index (κ1) is 64.6. The normalized spacial score (nSPS) is 12.7. The molecule has 6 heteroatoms. The Morgan fingerprint density at radius 2 is 0.574 bits per heavy atom. The van der Waals surface area contributed by atoms with Gasteiger partial charge in [0.2, 0.25) is 0 Å². The van der Waals surface area contributed by atoms with E-state index in [1.54, 1.807) is 0 Å². The third-order valence-corrected chi connectivity index (χ3v) is 12.1. The summed E-state index contributed by atoms with van der Waals surface area (Å²) in [7, 11) is 0. The molecule has 0 radical (unpaired) electrons. The van der Waals surface area contributed by atoms with Gasteiger partial charge < -0.3 is 14.2 Å². The molecule has 0 heterocycles. The molecule has 0 amide bonds. The maximum absolute atomic E-state index is 12.9. The fraction of sp³-hybridized carbons (Fsp3) is 0.726. The molecular weight excluding hydrogens is 841 g/mol. The van der Waals surface area contributed by atoms with E-state index in [-0.39, 0.29) is 31.1 Å². The van der Waals surface area contributed by atoms with Crippen molar-refractivity contribution in [3.63, 3.8) is 0 Å². The van der Waals surface area contributed by atoms with Gasteiger partial charge in [0.1, 0.15) is 13.2 Å². The Morgan fingerprint density at radius 1 is 0.309 bits per heavy atom. The first-order chi connectivity index (χ1) is 33.5. The van der Waals surface area contributed by atoms with Crippen LogP contribution in [0.5, 0.6) is 0 Å². The van der Waals surface area contributed by atoms with Crippen molar-refractivity contribution in [3.05, 3.63) is 85.1 Å². The fourth-order valence-electron chi connectivity index (χ4n) is 7.81. The van der Waals surface area contributed by atoms with Crippen LogP contribution in [0.4, 0.5) is 0 Å². The number of esters is 3. The highest BCUT2D eigenvalue weighted by molar-refractivity contribution is 5.71. The number of allylic oxidation sites excluding steroid dienone is 14. The second kappa shape index (κ2) is 56.2. The van der Waals surface area contributed by atoms with Gasteiger partial charge in [0.05, 0.1) is 0 Å². The van der Waals surface area contributed by atoms with Crippen LogP contribution in [-0.2, 0) is 28.6 Å². The van der Waals surface area contributed by atoms with Crippen molar-refractivity contribution in [3.8, 4) is 0 Å². The van der Waals surface area contributed by atoms with Gasteiger partial charge in [0, 0.05) is 19.3 Å². The van der Waals surface area contributed by atoms with E-state index in [0.717, 1.165) is 109 Å². The summed E-state index contributed by atoms with van der Waals surface area (Å²) < 4.78 is 16.8. The van der Waals surface area contributed by atoms with Crippen LogP contribution in [0.15, 0.2) is 85.1 Å². The molecule has 6 nitrogen and oxygen atoms in total. The molecule has 0 rings (SSSR count). The first-order valence-electron chi connectivity index (χ1n) is 28.6. The molecule has 0 aromatic carbocycles. The largest absolute Gasteiger partial charge is 0.462 e. The summed E-state index contributed by atoms with van der Waals surface area (Å²) in [6.07, 6.45) is 72.8. The van der Waals surface area contributed by atoms with Gasteiger partial charge in [-0.25, -0.2) is 0 Å². The van der Waals surface area contributed by atoms with Crippen LogP contribution in [0.25, 0.3) is 0 Å². The number of carbonyl (C=O) groups excluding carboxylic acids is 3. The maximum atomic E-state index is 12.9. The van der Waals surface area contributed by atoms with Crippen LogP contribution in [0, 0.1) is 0 Å². The number of carbonyl (C=O) groups is 3. The number of ether oxygens (including phenoxy) is 3. The van der Waals surface area contributed by atoms with Gasteiger partial charge in [-0.05, 0) is 116 Å². The van der Waals surface area contributed by atoms with Crippen LogP contribution in [0.1, 0.15) is 271 Å². The third kappa shape index (κ3) is 53.5. The Bertz CT molecular complexity index is 1320. The molecule has 0 N–H and O–H groups in total. The highest BCUT2D eigenvalue weighted by Crippen LogP contribution is 2.14. The van der Waals surface area contributed by atoms with Crippen LogP contribution in [0.2, 0.25) is 0 Å². The van der Waals surface area contributed by atoms with E-state index in [9.17, 15) is 14.4 Å². The predicted molar refractivity (Wildman–Crippen MR) is 293 cm³/mol. The lowest BCUT2D eigenvalue weighted by Gasteiger charge is -2.18. The van der Waals surface area contributed by atoms with E-state index >= 15 is 0 Å². The fourth-order valence-corrected chi connectivity index (χ4v) is 7.81. The summed E-state index contributed by atoms with van der Waals surface area (Å²) in [5.41, 5.74) is 0. The molecule has 0 saturated carbocycles. The second-order valence-electron chi connectivity index (χ2n) is 18.8. The van der Waals surface area contributed by atoms with Gasteiger partial charge >= 0.3 is 17.9 Å². The van der Waals surface area contributed by atoms with Crippen LogP contribution >= 0.6 is 0 Å². The SMILES string of the molecule is CC/C=C\C/C=C\C/C=C\C/C=C\CCCCCCCCC(=O)OCC(COC(=O)CCCCCCC/C=C\CCCCCC)OC(=O)CCCCCCCCC/C=C\C/C=C\CCCCCC. The van der Waals surface area contributed by atoms with Gasteiger partial charge in [0.25, 0.3) is 0 Å². The highest BCUT2D eigenvalue weighted by atomic mass is 16.6. The van der Waals surface area contributed by atoms with Gasteiger partial charge in [-0.15, -0.1) is 0 Å². The van der Waals surface area contributed by atoms with Crippen molar-refractivity contribution < 1.29 is 28.6 Å². The predicted octanol–water partition coefficient (Wildman–Crippen LogP) is 19.2. The van der Waals surface area contributed by atoms with Crippen molar-refractivity contribution in [2.24, 2.45) is 0 Å². The lowest BCUT2D eigenvalue weighted by atomic mass is 10.1. The molecule has 390 valence electrons. The Labute approximate surface area is 420 Å². The van der Waals surface area contributed by atoms with Crippen molar-refractivity contribution in [1.82, 2.24) is 0 Å². The molecule has 1 atom stereocenters. The molecule has 0 fully saturated rings. The molecule has 0 aromatic rings. The Morgan fingerprint density at radius 3 is 0.912 bits per heavy atom. The lowest BCUT2D eigenvalue weighted by Crippen LogP contribution is -2.30. The molecule has 0 saturated heterocycles. The van der Waals surface area contributed by atoms with Crippen LogP contribution in [-0.4, -0.2) is 37.2 Å². The molecule has 0 aliphatic heterocycles. The minimum absolute atomic E-state index is 0.0887. The summed E-state index contributed by atoms with van der Waals surface area (Å²) in [6.45, 7) is 6.48. The van der Waals surface area contributed by atoms with E-state index < -0.39 is 6.10 Å². The average Bonchev–Trinajstić information content (AvgIpc) is 3.34. The lowest BCUT2D eigenvalue weighted by molar-refractivity contribution is -0.167. The molecule has 1 unspecified atom stereocenters. The summed E-state index contributed by atoms with van der Waals surface area (Å²) >= 11 is 0. The Balaban J connectivity index is 4.42. The standard InChI is InChI=1S/C62H106O6/c1-4-7-10-13-16-19-22-25-27-29-31-33-34-37-40-43-46-49-52-55-61(64)67-58-59(57-66-60(63)54-51-48-45-42-39-36-24-21-18-15-12-9-6-3)68-62(65)56-53-50-47-44-41-38-35-32-30-28-26-23-20-17-14-11-8-5-2/h7,10,16,19-21,23-25,27-28,30-31,33,59H,4-6,8-9,11-15,17-18,22,26,29,32,34-58H2,1-3H3/b10-7-,19-16-,23-20-,24-21-,27-25-,30-28-,33-31-. The minimum atomic E-state index is -0.791. The van der Waals surface area contributed by atoms with E-state index in [0.29, 0.717) is 19.3 Å². The zero-order chi connectivity index (χ0) is 49.3. The van der Waals surface area contributed by atoms with E-state index in [4.69, 9.17) is 14.2 Å². The summed E-state index contributed by atoms with van der Waals surface area (Å²) in [5, 5.41) is 0. The minimum Gasteiger partial charge on any atom is -0.462 e. The zero-order valence-electron chi connectivity index (χ0n) is 44.6. The molecule has 0 aliphatic carbocycles.